The molecule has 2 atom stereocenters. The van der Waals surface area contributed by atoms with E-state index in [4.69, 9.17) is 18.6 Å². The predicted octanol–water partition coefficient (Wildman–Crippen LogP) is 1.92. The van der Waals surface area contributed by atoms with E-state index in [1.807, 2.05) is 12.1 Å². The van der Waals surface area contributed by atoms with Crippen LogP contribution in [0.4, 0.5) is 0 Å². The van der Waals surface area contributed by atoms with Crippen LogP contribution in [-0.2, 0) is 9.53 Å². The molecule has 0 bridgehead atoms. The second-order valence-electron chi connectivity index (χ2n) is 6.79. The fourth-order valence-corrected chi connectivity index (χ4v) is 3.64. The van der Waals surface area contributed by atoms with Crippen molar-refractivity contribution >= 4 is 11.8 Å². The molecule has 2 amide bonds. The van der Waals surface area contributed by atoms with Gasteiger partial charge in [0.1, 0.15) is 11.5 Å². The summed E-state index contributed by atoms with van der Waals surface area (Å²) in [4.78, 5) is 27.3. The van der Waals surface area contributed by atoms with Gasteiger partial charge in [-0.2, -0.15) is 0 Å². The highest BCUT2D eigenvalue weighted by Crippen LogP contribution is 2.39. The molecular formula is C21H26N2O6. The zero-order chi connectivity index (χ0) is 20.8. The highest BCUT2D eigenvalue weighted by Gasteiger charge is 2.42. The monoisotopic (exact) mass is 402 g/mol. The first-order chi connectivity index (χ1) is 14.1. The summed E-state index contributed by atoms with van der Waals surface area (Å²) in [5, 5.41) is 2.89. The van der Waals surface area contributed by atoms with Crippen molar-refractivity contribution in [2.75, 3.05) is 47.6 Å². The topological polar surface area (TPSA) is 90.2 Å². The van der Waals surface area contributed by atoms with Crippen molar-refractivity contribution in [2.24, 2.45) is 5.92 Å². The lowest BCUT2D eigenvalue weighted by Crippen LogP contribution is -2.37. The van der Waals surface area contributed by atoms with E-state index in [0.29, 0.717) is 31.2 Å². The van der Waals surface area contributed by atoms with Gasteiger partial charge in [-0.3, -0.25) is 9.59 Å². The van der Waals surface area contributed by atoms with Crippen LogP contribution in [0.3, 0.4) is 0 Å². The van der Waals surface area contributed by atoms with Crippen molar-refractivity contribution in [2.45, 2.75) is 5.92 Å². The minimum Gasteiger partial charge on any atom is -0.497 e. The van der Waals surface area contributed by atoms with Crippen molar-refractivity contribution in [1.29, 1.82) is 0 Å². The van der Waals surface area contributed by atoms with Crippen molar-refractivity contribution < 1.29 is 28.2 Å². The molecule has 1 N–H and O–H groups in total. The number of nitrogens with one attached hydrogen (secondary N) is 1. The summed E-state index contributed by atoms with van der Waals surface area (Å²) in [6.45, 7) is 1.50. The molecule has 8 heteroatoms. The lowest BCUT2D eigenvalue weighted by molar-refractivity contribution is -0.125. The van der Waals surface area contributed by atoms with Crippen molar-refractivity contribution in [3.05, 3.63) is 47.9 Å². The van der Waals surface area contributed by atoms with E-state index >= 15 is 0 Å². The summed E-state index contributed by atoms with van der Waals surface area (Å²) in [6.07, 6.45) is 1.46. The van der Waals surface area contributed by atoms with E-state index in [0.717, 1.165) is 5.56 Å². The largest absolute Gasteiger partial charge is 0.497 e. The number of rotatable bonds is 8. The van der Waals surface area contributed by atoms with E-state index in [9.17, 15) is 9.59 Å². The van der Waals surface area contributed by atoms with Gasteiger partial charge in [0, 0.05) is 44.3 Å². The summed E-state index contributed by atoms with van der Waals surface area (Å²) in [7, 11) is 4.74. The van der Waals surface area contributed by atoms with Crippen LogP contribution in [0.15, 0.2) is 41.0 Å². The number of ether oxygens (including phenoxy) is 3. The van der Waals surface area contributed by atoms with Crippen LogP contribution in [-0.4, -0.2) is 64.3 Å². The Hall–Kier alpha value is -3.00. The van der Waals surface area contributed by atoms with Gasteiger partial charge in [-0.1, -0.05) is 6.07 Å². The summed E-state index contributed by atoms with van der Waals surface area (Å²) in [5.41, 5.74) is 0.856. The molecule has 2 aromatic rings. The SMILES string of the molecule is COCCNC(=O)C1CN(C(=O)c2ccco2)CC1c1ccc(OC)cc1OC. The molecule has 1 aromatic heterocycles. The Morgan fingerprint density at radius 2 is 2.00 bits per heavy atom. The Kier molecular flexibility index (Phi) is 6.77. The Morgan fingerprint density at radius 1 is 1.17 bits per heavy atom. The third-order valence-electron chi connectivity index (χ3n) is 5.12. The van der Waals surface area contributed by atoms with Gasteiger partial charge >= 0.3 is 0 Å². The minimum absolute atomic E-state index is 0.125. The molecule has 0 saturated carbocycles. The van der Waals surface area contributed by atoms with Gasteiger partial charge in [-0.15, -0.1) is 0 Å². The van der Waals surface area contributed by atoms with Gasteiger partial charge in [0.2, 0.25) is 5.91 Å². The van der Waals surface area contributed by atoms with Gasteiger partial charge in [0.15, 0.2) is 5.76 Å². The van der Waals surface area contributed by atoms with Crippen LogP contribution in [0.2, 0.25) is 0 Å². The van der Waals surface area contributed by atoms with Crippen LogP contribution in [0.1, 0.15) is 22.0 Å². The van der Waals surface area contributed by atoms with Crippen LogP contribution >= 0.6 is 0 Å². The van der Waals surface area contributed by atoms with Crippen molar-refractivity contribution in [3.63, 3.8) is 0 Å². The maximum atomic E-state index is 12.9. The molecule has 8 nitrogen and oxygen atoms in total. The van der Waals surface area contributed by atoms with E-state index in [-0.39, 0.29) is 30.0 Å². The number of amides is 2. The number of hydrogen-bond donors (Lipinski definition) is 1. The van der Waals surface area contributed by atoms with Crippen LogP contribution in [0, 0.1) is 5.92 Å². The first-order valence-corrected chi connectivity index (χ1v) is 9.40. The maximum Gasteiger partial charge on any atom is 0.289 e. The maximum absolute atomic E-state index is 12.9. The molecule has 1 fully saturated rings. The number of carbonyl (C=O) groups is 2. The summed E-state index contributed by atoms with van der Waals surface area (Å²) >= 11 is 0. The van der Waals surface area contributed by atoms with Gasteiger partial charge in [0.05, 0.1) is 33.0 Å². The molecule has 0 aliphatic carbocycles. The number of benzene rings is 1. The summed E-state index contributed by atoms with van der Waals surface area (Å²) in [6, 6.07) is 8.79. The third kappa shape index (κ3) is 4.54. The first-order valence-electron chi connectivity index (χ1n) is 9.40. The van der Waals surface area contributed by atoms with Crippen LogP contribution in [0.25, 0.3) is 0 Å². The Labute approximate surface area is 169 Å². The van der Waals surface area contributed by atoms with E-state index in [2.05, 4.69) is 5.32 Å². The van der Waals surface area contributed by atoms with Crippen molar-refractivity contribution in [1.82, 2.24) is 10.2 Å². The fraction of sp³-hybridized carbons (Fsp3) is 0.429. The fourth-order valence-electron chi connectivity index (χ4n) is 3.64. The van der Waals surface area contributed by atoms with Crippen LogP contribution in [0.5, 0.6) is 11.5 Å². The highest BCUT2D eigenvalue weighted by molar-refractivity contribution is 5.92. The number of carbonyl (C=O) groups excluding carboxylic acids is 2. The zero-order valence-electron chi connectivity index (χ0n) is 16.8. The van der Waals surface area contributed by atoms with Gasteiger partial charge in [-0.05, 0) is 18.2 Å². The number of furan rings is 1. The zero-order valence-corrected chi connectivity index (χ0v) is 16.8. The van der Waals surface area contributed by atoms with Gasteiger partial charge in [0.25, 0.3) is 5.91 Å². The van der Waals surface area contributed by atoms with Crippen LogP contribution < -0.4 is 14.8 Å². The number of likely N-dealkylation sites (tertiary alicyclic amines) is 1. The normalized spacial score (nSPS) is 18.5. The molecule has 0 radical (unpaired) electrons. The average Bonchev–Trinajstić information content (AvgIpc) is 3.43. The molecule has 1 aromatic carbocycles. The Morgan fingerprint density at radius 3 is 2.66 bits per heavy atom. The number of hydrogen-bond acceptors (Lipinski definition) is 6. The molecule has 2 heterocycles. The molecule has 1 aliphatic rings. The van der Waals surface area contributed by atoms with Gasteiger partial charge in [-0.25, -0.2) is 0 Å². The summed E-state index contributed by atoms with van der Waals surface area (Å²) < 4.78 is 21.1. The lowest BCUT2D eigenvalue weighted by atomic mass is 9.87. The molecular weight excluding hydrogens is 376 g/mol. The standard InChI is InChI=1S/C21H26N2O6/c1-26-10-8-22-20(24)17-13-23(21(25)18-5-4-9-29-18)12-16(17)15-7-6-14(27-2)11-19(15)28-3/h4-7,9,11,16-17H,8,10,12-13H2,1-3H3,(H,22,24). The molecule has 2 unspecified atom stereocenters. The molecule has 1 aliphatic heterocycles. The molecule has 156 valence electrons. The summed E-state index contributed by atoms with van der Waals surface area (Å²) in [5.74, 6) is 0.528. The van der Waals surface area contributed by atoms with E-state index < -0.39 is 5.92 Å². The van der Waals surface area contributed by atoms with Gasteiger partial charge < -0.3 is 28.8 Å². The molecule has 0 spiro atoms. The van der Waals surface area contributed by atoms with Crippen molar-refractivity contribution in [3.8, 4) is 11.5 Å². The second kappa shape index (κ2) is 9.47. The number of methoxy groups -OCH3 is 3. The first kappa shape index (κ1) is 20.7. The molecule has 29 heavy (non-hydrogen) atoms. The third-order valence-corrected chi connectivity index (χ3v) is 5.12. The smallest absolute Gasteiger partial charge is 0.289 e. The highest BCUT2D eigenvalue weighted by atomic mass is 16.5. The predicted molar refractivity (Wildman–Crippen MR) is 105 cm³/mol. The Balaban J connectivity index is 1.88. The average molecular weight is 402 g/mol. The quantitative estimate of drug-likeness (QED) is 0.679. The van der Waals surface area contributed by atoms with E-state index in [1.165, 1.54) is 6.26 Å². The van der Waals surface area contributed by atoms with E-state index in [1.54, 1.807) is 44.4 Å². The lowest BCUT2D eigenvalue weighted by Gasteiger charge is -2.20. The molecule has 3 rings (SSSR count). The molecule has 1 saturated heterocycles. The second-order valence-corrected chi connectivity index (χ2v) is 6.79. The Bertz CT molecular complexity index is 836. The number of nitrogens with zero attached hydrogens (tertiary/aromatic N) is 1. The minimum atomic E-state index is -0.423.